The van der Waals surface area contributed by atoms with Crippen molar-refractivity contribution >= 4 is 11.7 Å². The molecule has 2 heterocycles. The predicted molar refractivity (Wildman–Crippen MR) is 83.8 cm³/mol. The highest BCUT2D eigenvalue weighted by Gasteiger charge is 2.14. The second-order valence-electron chi connectivity index (χ2n) is 5.80. The molecule has 0 atom stereocenters. The molecule has 1 N–H and O–H groups in total. The lowest BCUT2D eigenvalue weighted by Crippen LogP contribution is -2.26. The van der Waals surface area contributed by atoms with Crippen LogP contribution in [0, 0.1) is 13.8 Å². The quantitative estimate of drug-likeness (QED) is 0.880. The number of nitrogens with one attached hydrogen (secondary N) is 1. The average Bonchev–Trinajstić information content (AvgIpc) is 2.92. The summed E-state index contributed by atoms with van der Waals surface area (Å²) in [5.41, 5.74) is 3.23. The number of aromatic nitrogens is 4. The number of rotatable bonds is 4. The van der Waals surface area contributed by atoms with E-state index >= 15 is 0 Å². The fourth-order valence-corrected chi connectivity index (χ4v) is 2.81. The van der Waals surface area contributed by atoms with Crippen molar-refractivity contribution in [3.8, 4) is 0 Å². The van der Waals surface area contributed by atoms with Crippen LogP contribution in [0.1, 0.15) is 54.1 Å². The van der Waals surface area contributed by atoms with Gasteiger partial charge in [-0.15, -0.1) is 5.10 Å². The van der Waals surface area contributed by atoms with Crippen molar-refractivity contribution in [3.63, 3.8) is 0 Å². The molecule has 3 rings (SSSR count). The van der Waals surface area contributed by atoms with E-state index < -0.39 is 0 Å². The summed E-state index contributed by atoms with van der Waals surface area (Å²) in [7, 11) is 0. The van der Waals surface area contributed by atoms with Crippen LogP contribution in [0.2, 0.25) is 0 Å². The van der Waals surface area contributed by atoms with Gasteiger partial charge in [0.1, 0.15) is 0 Å². The monoisotopic (exact) mass is 299 g/mol. The van der Waals surface area contributed by atoms with Crippen molar-refractivity contribution < 1.29 is 4.79 Å². The second kappa shape index (κ2) is 6.25. The normalized spacial score (nSPS) is 14.9. The maximum Gasteiger partial charge on any atom is 0.291 e. The third-order valence-electron chi connectivity index (χ3n) is 3.94. The number of hydrogen-bond donors (Lipinski definition) is 1. The van der Waals surface area contributed by atoms with E-state index in [0.29, 0.717) is 12.3 Å². The number of carbonyl (C=O) groups is 1. The number of allylic oxidation sites excluding steroid dienone is 1. The van der Waals surface area contributed by atoms with Crippen LogP contribution < -0.4 is 5.32 Å². The SMILES string of the molecule is Cc1cc(C)n2nc(C(=O)NCCC3=CCCCC3)nc2n1. The molecule has 0 radical (unpaired) electrons. The molecule has 0 aromatic carbocycles. The fourth-order valence-electron chi connectivity index (χ4n) is 2.81. The van der Waals surface area contributed by atoms with Gasteiger partial charge in [-0.25, -0.2) is 9.50 Å². The largest absolute Gasteiger partial charge is 0.349 e. The Bertz CT molecular complexity index is 731. The summed E-state index contributed by atoms with van der Waals surface area (Å²) in [6.45, 7) is 4.46. The van der Waals surface area contributed by atoms with Gasteiger partial charge in [0.2, 0.25) is 5.82 Å². The van der Waals surface area contributed by atoms with Crippen LogP contribution in [0.4, 0.5) is 0 Å². The molecule has 1 aliphatic carbocycles. The van der Waals surface area contributed by atoms with Crippen LogP contribution in [-0.4, -0.2) is 32.0 Å². The van der Waals surface area contributed by atoms with Gasteiger partial charge in [-0.3, -0.25) is 4.79 Å². The standard InChI is InChI=1S/C16H21N5O/c1-11-10-12(2)21-16(18-11)19-14(20-21)15(22)17-9-8-13-6-4-3-5-7-13/h6,10H,3-5,7-9H2,1-2H3,(H,17,22). The smallest absolute Gasteiger partial charge is 0.291 e. The molecule has 6 heteroatoms. The van der Waals surface area contributed by atoms with E-state index in [4.69, 9.17) is 0 Å². The summed E-state index contributed by atoms with van der Waals surface area (Å²) in [5, 5.41) is 7.13. The van der Waals surface area contributed by atoms with Crippen molar-refractivity contribution in [1.82, 2.24) is 24.9 Å². The number of aryl methyl sites for hydroxylation is 2. The molecule has 0 saturated heterocycles. The summed E-state index contributed by atoms with van der Waals surface area (Å²) >= 11 is 0. The highest BCUT2D eigenvalue weighted by atomic mass is 16.2. The molecule has 22 heavy (non-hydrogen) atoms. The fraction of sp³-hybridized carbons (Fsp3) is 0.500. The molecule has 6 nitrogen and oxygen atoms in total. The lowest BCUT2D eigenvalue weighted by Gasteiger charge is -2.12. The van der Waals surface area contributed by atoms with E-state index in [2.05, 4.69) is 26.5 Å². The van der Waals surface area contributed by atoms with Gasteiger partial charge in [-0.2, -0.15) is 4.98 Å². The topological polar surface area (TPSA) is 72.2 Å². The number of carbonyl (C=O) groups excluding carboxylic acids is 1. The third kappa shape index (κ3) is 3.16. The van der Waals surface area contributed by atoms with Crippen LogP contribution in [0.15, 0.2) is 17.7 Å². The van der Waals surface area contributed by atoms with E-state index in [0.717, 1.165) is 24.2 Å². The first-order valence-corrected chi connectivity index (χ1v) is 7.80. The minimum Gasteiger partial charge on any atom is -0.349 e. The minimum atomic E-state index is -0.237. The predicted octanol–water partition coefficient (Wildman–Crippen LogP) is 2.36. The van der Waals surface area contributed by atoms with Crippen molar-refractivity contribution in [1.29, 1.82) is 0 Å². The molecule has 0 aliphatic heterocycles. The zero-order chi connectivity index (χ0) is 15.5. The molecular weight excluding hydrogens is 278 g/mol. The highest BCUT2D eigenvalue weighted by molar-refractivity contribution is 5.90. The Balaban J connectivity index is 1.65. The summed E-state index contributed by atoms with van der Waals surface area (Å²) in [6.07, 6.45) is 8.09. The molecule has 0 saturated carbocycles. The number of hydrogen-bond acceptors (Lipinski definition) is 4. The molecule has 2 aromatic heterocycles. The van der Waals surface area contributed by atoms with E-state index in [1.165, 1.54) is 24.8 Å². The maximum atomic E-state index is 12.2. The molecule has 116 valence electrons. The molecule has 0 bridgehead atoms. The van der Waals surface area contributed by atoms with Crippen molar-refractivity contribution in [2.45, 2.75) is 46.0 Å². The lowest BCUT2D eigenvalue weighted by atomic mass is 9.97. The lowest BCUT2D eigenvalue weighted by molar-refractivity contribution is 0.0944. The molecule has 0 fully saturated rings. The molecule has 1 amide bonds. The van der Waals surface area contributed by atoms with Crippen LogP contribution in [-0.2, 0) is 0 Å². The summed E-state index contributed by atoms with van der Waals surface area (Å²) < 4.78 is 1.60. The molecule has 2 aromatic rings. The average molecular weight is 299 g/mol. The van der Waals surface area contributed by atoms with Crippen molar-refractivity contribution in [2.75, 3.05) is 6.54 Å². The zero-order valence-corrected chi connectivity index (χ0v) is 13.1. The molecule has 1 aliphatic rings. The van der Waals surface area contributed by atoms with Crippen LogP contribution in [0.5, 0.6) is 0 Å². The summed E-state index contributed by atoms with van der Waals surface area (Å²) in [4.78, 5) is 20.7. The van der Waals surface area contributed by atoms with Crippen molar-refractivity contribution in [2.24, 2.45) is 0 Å². The van der Waals surface area contributed by atoms with E-state index in [1.54, 1.807) is 4.52 Å². The van der Waals surface area contributed by atoms with Gasteiger partial charge >= 0.3 is 0 Å². The Morgan fingerprint density at radius 3 is 2.95 bits per heavy atom. The number of fused-ring (bicyclic) bond motifs is 1. The number of amides is 1. The van der Waals surface area contributed by atoms with Gasteiger partial charge in [0.15, 0.2) is 0 Å². The first-order valence-electron chi connectivity index (χ1n) is 7.80. The minimum absolute atomic E-state index is 0.179. The molecular formula is C16H21N5O. The van der Waals surface area contributed by atoms with Crippen LogP contribution in [0.3, 0.4) is 0 Å². The van der Waals surface area contributed by atoms with Gasteiger partial charge in [0, 0.05) is 17.9 Å². The Labute approximate surface area is 129 Å². The van der Waals surface area contributed by atoms with Gasteiger partial charge in [-0.05, 0) is 52.0 Å². The van der Waals surface area contributed by atoms with E-state index in [-0.39, 0.29) is 11.7 Å². The summed E-state index contributed by atoms with van der Waals surface area (Å²) in [6, 6.07) is 1.92. The van der Waals surface area contributed by atoms with E-state index in [1.807, 2.05) is 19.9 Å². The van der Waals surface area contributed by atoms with Crippen LogP contribution in [0.25, 0.3) is 5.78 Å². The van der Waals surface area contributed by atoms with Gasteiger partial charge < -0.3 is 5.32 Å². The van der Waals surface area contributed by atoms with Crippen LogP contribution >= 0.6 is 0 Å². The zero-order valence-electron chi connectivity index (χ0n) is 13.1. The highest BCUT2D eigenvalue weighted by Crippen LogP contribution is 2.19. The van der Waals surface area contributed by atoms with E-state index in [9.17, 15) is 4.79 Å². The molecule has 0 unspecified atom stereocenters. The third-order valence-corrected chi connectivity index (χ3v) is 3.94. The Morgan fingerprint density at radius 2 is 2.18 bits per heavy atom. The molecule has 0 spiro atoms. The first kappa shape index (κ1) is 14.7. The number of nitrogens with zero attached hydrogens (tertiary/aromatic N) is 4. The van der Waals surface area contributed by atoms with Gasteiger partial charge in [0.05, 0.1) is 0 Å². The maximum absolute atomic E-state index is 12.2. The van der Waals surface area contributed by atoms with Gasteiger partial charge in [-0.1, -0.05) is 11.6 Å². The Hall–Kier alpha value is -2.24. The first-order chi connectivity index (χ1) is 10.6. The second-order valence-corrected chi connectivity index (χ2v) is 5.80. The van der Waals surface area contributed by atoms with Gasteiger partial charge in [0.25, 0.3) is 11.7 Å². The Kier molecular flexibility index (Phi) is 4.18. The summed E-state index contributed by atoms with van der Waals surface area (Å²) in [5.74, 6) is 0.412. The van der Waals surface area contributed by atoms with Crippen molar-refractivity contribution in [3.05, 3.63) is 34.9 Å². The Morgan fingerprint density at radius 1 is 1.32 bits per heavy atom.